The lowest BCUT2D eigenvalue weighted by Crippen LogP contribution is -2.45. The van der Waals surface area contributed by atoms with Gasteiger partial charge in [0.2, 0.25) is 0 Å². The van der Waals surface area contributed by atoms with Crippen LogP contribution in [0.15, 0.2) is 35.7 Å². The molecule has 0 saturated carbocycles. The third-order valence-electron chi connectivity index (χ3n) is 4.13. The van der Waals surface area contributed by atoms with Crippen molar-refractivity contribution < 1.29 is 4.74 Å². The monoisotopic (exact) mass is 302 g/mol. The Morgan fingerprint density at radius 1 is 1.14 bits per heavy atom. The van der Waals surface area contributed by atoms with Crippen LogP contribution in [-0.4, -0.2) is 38.2 Å². The molecule has 4 heteroatoms. The van der Waals surface area contributed by atoms with Crippen molar-refractivity contribution in [3.05, 3.63) is 46.2 Å². The van der Waals surface area contributed by atoms with Crippen LogP contribution >= 0.6 is 11.3 Å². The van der Waals surface area contributed by atoms with Gasteiger partial charge in [-0.15, -0.1) is 11.3 Å². The summed E-state index contributed by atoms with van der Waals surface area (Å²) in [5.74, 6) is 0.934. The Morgan fingerprint density at radius 2 is 1.95 bits per heavy atom. The van der Waals surface area contributed by atoms with Gasteiger partial charge < -0.3 is 9.64 Å². The number of hydrogen-bond acceptors (Lipinski definition) is 4. The van der Waals surface area contributed by atoms with Crippen LogP contribution in [0.1, 0.15) is 10.4 Å². The Balaban J connectivity index is 1.58. The first-order valence-corrected chi connectivity index (χ1v) is 8.28. The Bertz CT molecular complexity index is 588. The van der Waals surface area contributed by atoms with Crippen LogP contribution in [0.25, 0.3) is 0 Å². The minimum atomic E-state index is 0.934. The first-order chi connectivity index (χ1) is 10.3. The molecule has 3 rings (SSSR count). The first-order valence-electron chi connectivity index (χ1n) is 7.40. The molecular weight excluding hydrogens is 280 g/mol. The molecule has 1 aromatic carbocycles. The summed E-state index contributed by atoms with van der Waals surface area (Å²) in [7, 11) is 1.72. The molecule has 0 unspecified atom stereocenters. The van der Waals surface area contributed by atoms with Crippen LogP contribution in [0.2, 0.25) is 0 Å². The summed E-state index contributed by atoms with van der Waals surface area (Å²) in [5, 5.41) is 2.19. The molecule has 0 N–H and O–H groups in total. The van der Waals surface area contributed by atoms with Crippen molar-refractivity contribution in [2.24, 2.45) is 0 Å². The van der Waals surface area contributed by atoms with Crippen LogP contribution in [0.4, 0.5) is 5.69 Å². The molecule has 1 aliphatic heterocycles. The Hall–Kier alpha value is -1.52. The highest BCUT2D eigenvalue weighted by atomic mass is 32.1. The van der Waals surface area contributed by atoms with E-state index in [1.54, 1.807) is 7.11 Å². The van der Waals surface area contributed by atoms with Crippen LogP contribution in [0.3, 0.4) is 0 Å². The molecule has 0 amide bonds. The van der Waals surface area contributed by atoms with E-state index in [0.717, 1.165) is 38.5 Å². The molecule has 0 bridgehead atoms. The molecule has 2 heterocycles. The number of anilines is 1. The van der Waals surface area contributed by atoms with Gasteiger partial charge in [-0.25, -0.2) is 0 Å². The highest BCUT2D eigenvalue weighted by molar-refractivity contribution is 7.10. The summed E-state index contributed by atoms with van der Waals surface area (Å²) in [5.41, 5.74) is 2.69. The van der Waals surface area contributed by atoms with E-state index in [1.165, 1.54) is 16.1 Å². The highest BCUT2D eigenvalue weighted by Crippen LogP contribution is 2.23. The maximum Gasteiger partial charge on any atom is 0.120 e. The van der Waals surface area contributed by atoms with Gasteiger partial charge in [0, 0.05) is 49.4 Å². The maximum atomic E-state index is 5.31. The molecule has 2 aromatic rings. The molecular formula is C17H22N2OS. The first kappa shape index (κ1) is 14.4. The molecule has 0 aliphatic carbocycles. The zero-order chi connectivity index (χ0) is 14.7. The quantitative estimate of drug-likeness (QED) is 0.861. The summed E-state index contributed by atoms with van der Waals surface area (Å²) in [4.78, 5) is 6.50. The van der Waals surface area contributed by atoms with Crippen LogP contribution < -0.4 is 9.64 Å². The zero-order valence-electron chi connectivity index (χ0n) is 12.7. The average Bonchev–Trinajstić information content (AvgIpc) is 2.93. The summed E-state index contributed by atoms with van der Waals surface area (Å²) in [6.07, 6.45) is 0. The highest BCUT2D eigenvalue weighted by Gasteiger charge is 2.18. The fourth-order valence-corrected chi connectivity index (χ4v) is 3.69. The Labute approximate surface area is 130 Å². The SMILES string of the molecule is COc1cccc(N2CCN(Cc3sccc3C)CC2)c1. The molecule has 1 saturated heterocycles. The topological polar surface area (TPSA) is 15.7 Å². The number of nitrogens with zero attached hydrogens (tertiary/aromatic N) is 2. The van der Waals surface area contributed by atoms with E-state index in [2.05, 4.69) is 46.4 Å². The lowest BCUT2D eigenvalue weighted by molar-refractivity contribution is 0.251. The van der Waals surface area contributed by atoms with E-state index < -0.39 is 0 Å². The van der Waals surface area contributed by atoms with Gasteiger partial charge in [-0.3, -0.25) is 4.90 Å². The van der Waals surface area contributed by atoms with Crippen LogP contribution in [0, 0.1) is 6.92 Å². The van der Waals surface area contributed by atoms with Crippen molar-refractivity contribution in [3.63, 3.8) is 0 Å². The maximum absolute atomic E-state index is 5.31. The normalized spacial score (nSPS) is 16.2. The molecule has 0 radical (unpaired) electrons. The van der Waals surface area contributed by atoms with Gasteiger partial charge in [0.05, 0.1) is 7.11 Å². The van der Waals surface area contributed by atoms with Gasteiger partial charge in [0.25, 0.3) is 0 Å². The lowest BCUT2D eigenvalue weighted by Gasteiger charge is -2.36. The molecule has 1 fully saturated rings. The molecule has 21 heavy (non-hydrogen) atoms. The lowest BCUT2D eigenvalue weighted by atomic mass is 10.2. The summed E-state index contributed by atoms with van der Waals surface area (Å²) in [6.45, 7) is 7.70. The number of methoxy groups -OCH3 is 1. The molecule has 112 valence electrons. The van der Waals surface area contributed by atoms with Gasteiger partial charge in [-0.2, -0.15) is 0 Å². The minimum absolute atomic E-state index is 0.934. The number of rotatable bonds is 4. The second kappa shape index (κ2) is 6.50. The molecule has 0 spiro atoms. The minimum Gasteiger partial charge on any atom is -0.497 e. The van der Waals surface area contributed by atoms with Crippen molar-refractivity contribution in [1.29, 1.82) is 0 Å². The number of thiophene rings is 1. The van der Waals surface area contributed by atoms with Crippen LogP contribution in [-0.2, 0) is 6.54 Å². The summed E-state index contributed by atoms with van der Waals surface area (Å²) < 4.78 is 5.31. The summed E-state index contributed by atoms with van der Waals surface area (Å²) in [6, 6.07) is 10.6. The van der Waals surface area contributed by atoms with Gasteiger partial charge in [0.15, 0.2) is 0 Å². The molecule has 3 nitrogen and oxygen atoms in total. The average molecular weight is 302 g/mol. The van der Waals surface area contributed by atoms with E-state index in [0.29, 0.717) is 0 Å². The van der Waals surface area contributed by atoms with Crippen LogP contribution in [0.5, 0.6) is 5.75 Å². The van der Waals surface area contributed by atoms with Crippen molar-refractivity contribution >= 4 is 17.0 Å². The Morgan fingerprint density at radius 3 is 2.62 bits per heavy atom. The number of ether oxygens (including phenoxy) is 1. The van der Waals surface area contributed by atoms with Crippen molar-refractivity contribution in [1.82, 2.24) is 4.90 Å². The molecule has 1 aliphatic rings. The second-order valence-electron chi connectivity index (χ2n) is 5.49. The van der Waals surface area contributed by atoms with Gasteiger partial charge in [0.1, 0.15) is 5.75 Å². The number of benzene rings is 1. The molecule has 1 aromatic heterocycles. The van der Waals surface area contributed by atoms with E-state index in [9.17, 15) is 0 Å². The smallest absolute Gasteiger partial charge is 0.120 e. The third kappa shape index (κ3) is 3.39. The van der Waals surface area contributed by atoms with Gasteiger partial charge in [-0.1, -0.05) is 6.07 Å². The van der Waals surface area contributed by atoms with Crippen molar-refractivity contribution in [3.8, 4) is 5.75 Å². The largest absolute Gasteiger partial charge is 0.497 e. The van der Waals surface area contributed by atoms with Gasteiger partial charge in [-0.05, 0) is 36.1 Å². The van der Waals surface area contributed by atoms with E-state index >= 15 is 0 Å². The summed E-state index contributed by atoms with van der Waals surface area (Å²) >= 11 is 1.87. The van der Waals surface area contributed by atoms with Crippen molar-refractivity contribution in [2.45, 2.75) is 13.5 Å². The standard InChI is InChI=1S/C17H22N2OS/c1-14-6-11-21-17(14)13-18-7-9-19(10-8-18)15-4-3-5-16(12-15)20-2/h3-6,11-12H,7-10,13H2,1-2H3. The fraction of sp³-hybridized carbons (Fsp3) is 0.412. The zero-order valence-corrected chi connectivity index (χ0v) is 13.5. The predicted molar refractivity (Wildman–Crippen MR) is 89.5 cm³/mol. The third-order valence-corrected chi connectivity index (χ3v) is 5.13. The van der Waals surface area contributed by atoms with E-state index in [4.69, 9.17) is 4.74 Å². The van der Waals surface area contributed by atoms with E-state index in [-0.39, 0.29) is 0 Å². The van der Waals surface area contributed by atoms with Gasteiger partial charge >= 0.3 is 0 Å². The molecule has 0 atom stereocenters. The number of aryl methyl sites for hydroxylation is 1. The predicted octanol–water partition coefficient (Wildman–Crippen LogP) is 3.39. The number of hydrogen-bond donors (Lipinski definition) is 0. The number of piperazine rings is 1. The van der Waals surface area contributed by atoms with E-state index in [1.807, 2.05) is 17.4 Å². The second-order valence-corrected chi connectivity index (χ2v) is 6.49. The fourth-order valence-electron chi connectivity index (χ4n) is 2.74. The Kier molecular flexibility index (Phi) is 4.46. The van der Waals surface area contributed by atoms with Crippen molar-refractivity contribution in [2.75, 3.05) is 38.2 Å².